The van der Waals surface area contributed by atoms with Gasteiger partial charge < -0.3 is 9.84 Å². The smallest absolute Gasteiger partial charge is 0.311 e. The molecule has 0 aromatic heterocycles. The highest BCUT2D eigenvalue weighted by atomic mass is 28.3. The summed E-state index contributed by atoms with van der Waals surface area (Å²) in [6.45, 7) is 12.7. The summed E-state index contributed by atoms with van der Waals surface area (Å²) in [4.78, 5) is 11.6. The molecule has 0 radical (unpaired) electrons. The van der Waals surface area contributed by atoms with Crippen LogP contribution in [0.3, 0.4) is 0 Å². The van der Waals surface area contributed by atoms with Crippen LogP contribution in [-0.4, -0.2) is 31.9 Å². The lowest BCUT2D eigenvalue weighted by Gasteiger charge is -2.24. The van der Waals surface area contributed by atoms with Crippen LogP contribution in [0, 0.1) is 5.41 Å². The van der Waals surface area contributed by atoms with E-state index in [1.165, 1.54) is 18.1 Å². The fraction of sp³-hybridized carbons (Fsp3) is 0.824. The maximum absolute atomic E-state index is 11.6. The van der Waals surface area contributed by atoms with Crippen LogP contribution in [0.2, 0.25) is 18.1 Å². The first kappa shape index (κ1) is 20.4. The van der Waals surface area contributed by atoms with Crippen LogP contribution in [-0.2, 0) is 9.53 Å². The van der Waals surface area contributed by atoms with Crippen LogP contribution >= 0.6 is 0 Å². The Kier molecular flexibility index (Phi) is 9.14. The summed E-state index contributed by atoms with van der Waals surface area (Å²) in [5.41, 5.74) is 1.85. The van der Waals surface area contributed by atoms with Gasteiger partial charge in [0.05, 0.1) is 26.2 Å². The van der Waals surface area contributed by atoms with Crippen molar-refractivity contribution in [1.82, 2.24) is 0 Å². The summed E-state index contributed by atoms with van der Waals surface area (Å²) in [5, 5.41) is 10.0. The van der Waals surface area contributed by atoms with Crippen molar-refractivity contribution < 1.29 is 14.6 Å². The number of aliphatic hydroxyl groups is 1. The fourth-order valence-corrected chi connectivity index (χ4v) is 5.03. The molecule has 0 heterocycles. The van der Waals surface area contributed by atoms with Gasteiger partial charge in [-0.1, -0.05) is 50.7 Å². The first-order valence-corrected chi connectivity index (χ1v) is 10.9. The minimum atomic E-state index is -1.30. The molecule has 0 aliphatic heterocycles. The van der Waals surface area contributed by atoms with Crippen LogP contribution in [0.5, 0.6) is 0 Å². The van der Waals surface area contributed by atoms with Gasteiger partial charge in [0.15, 0.2) is 0 Å². The normalized spacial score (nSPS) is 14.4. The van der Waals surface area contributed by atoms with Crippen molar-refractivity contribution in [2.24, 2.45) is 5.41 Å². The molecule has 3 nitrogen and oxygen atoms in total. The second-order valence-electron chi connectivity index (χ2n) is 6.88. The zero-order valence-corrected chi connectivity index (χ0v) is 15.7. The maximum atomic E-state index is 11.6. The molecule has 0 amide bonds. The Bertz CT molecular complexity index is 319. The second kappa shape index (κ2) is 9.41. The lowest BCUT2D eigenvalue weighted by molar-refractivity contribution is -0.153. The van der Waals surface area contributed by atoms with E-state index < -0.39 is 19.6 Å². The predicted octanol–water partition coefficient (Wildman–Crippen LogP) is 4.32. The summed E-state index contributed by atoms with van der Waals surface area (Å²) >= 11 is 0. The predicted molar refractivity (Wildman–Crippen MR) is 92.0 cm³/mol. The first-order valence-electron chi connectivity index (χ1n) is 8.25. The average molecular weight is 315 g/mol. The van der Waals surface area contributed by atoms with Crippen molar-refractivity contribution >= 4 is 14.0 Å². The number of aliphatic hydroxyl groups excluding tert-OH is 1. The average Bonchev–Trinajstić information content (AvgIpc) is 2.44. The van der Waals surface area contributed by atoms with Gasteiger partial charge in [-0.15, -0.1) is 0 Å². The van der Waals surface area contributed by atoms with Gasteiger partial charge in [0.25, 0.3) is 0 Å². The van der Waals surface area contributed by atoms with Gasteiger partial charge in [0, 0.05) is 0 Å². The van der Waals surface area contributed by atoms with Crippen LogP contribution in [0.25, 0.3) is 0 Å². The lowest BCUT2D eigenvalue weighted by atomic mass is 9.97. The minimum Gasteiger partial charge on any atom is -0.465 e. The number of carbonyl (C=O) groups excluding carboxylic acids is 1. The Labute approximate surface area is 131 Å². The molecule has 1 N–H and O–H groups in total. The Hall–Kier alpha value is -0.613. The number of hydrogen-bond donors (Lipinski definition) is 1. The quantitative estimate of drug-likeness (QED) is 0.391. The molecule has 1 atom stereocenters. The van der Waals surface area contributed by atoms with Gasteiger partial charge in [0.2, 0.25) is 0 Å². The van der Waals surface area contributed by atoms with E-state index in [2.05, 4.69) is 26.5 Å². The van der Waals surface area contributed by atoms with E-state index in [4.69, 9.17) is 4.74 Å². The molecular formula is C17H34O3Si. The highest BCUT2D eigenvalue weighted by Crippen LogP contribution is 2.22. The van der Waals surface area contributed by atoms with Gasteiger partial charge in [-0.3, -0.25) is 4.79 Å². The lowest BCUT2D eigenvalue weighted by Crippen LogP contribution is -2.29. The summed E-state index contributed by atoms with van der Waals surface area (Å²) in [5.74, 6) is -0.179. The molecule has 0 aromatic carbocycles. The van der Waals surface area contributed by atoms with E-state index >= 15 is 0 Å². The molecule has 0 aliphatic carbocycles. The third-order valence-electron chi connectivity index (χ3n) is 4.27. The van der Waals surface area contributed by atoms with E-state index in [-0.39, 0.29) is 5.97 Å². The highest BCUT2D eigenvalue weighted by Gasteiger charge is 2.24. The Balaban J connectivity index is 4.11. The van der Waals surface area contributed by atoms with Crippen LogP contribution in [0.15, 0.2) is 11.8 Å². The molecule has 0 bridgehead atoms. The van der Waals surface area contributed by atoms with E-state index in [9.17, 15) is 9.90 Å². The molecule has 124 valence electrons. The molecule has 0 spiro atoms. The molecule has 0 saturated heterocycles. The second-order valence-corrected chi connectivity index (χ2v) is 12.1. The van der Waals surface area contributed by atoms with E-state index in [1.54, 1.807) is 0 Å². The van der Waals surface area contributed by atoms with Gasteiger partial charge in [-0.2, -0.15) is 0 Å². The number of rotatable bonds is 9. The minimum absolute atomic E-state index is 0.179. The SMILES string of the molecule is CC[Si](/C=C/[C@@H](O)CCCOC(=O)C(C)(C)C)(CC)CC. The summed E-state index contributed by atoms with van der Waals surface area (Å²) in [6.07, 6.45) is 2.89. The third kappa shape index (κ3) is 7.81. The largest absolute Gasteiger partial charge is 0.465 e. The Morgan fingerprint density at radius 2 is 1.71 bits per heavy atom. The monoisotopic (exact) mass is 314 g/mol. The molecule has 4 heteroatoms. The van der Waals surface area contributed by atoms with Crippen molar-refractivity contribution in [3.63, 3.8) is 0 Å². The Morgan fingerprint density at radius 1 is 1.19 bits per heavy atom. The van der Waals surface area contributed by atoms with Gasteiger partial charge >= 0.3 is 5.97 Å². The van der Waals surface area contributed by atoms with E-state index in [0.29, 0.717) is 19.4 Å². The summed E-state index contributed by atoms with van der Waals surface area (Å²) in [7, 11) is -1.30. The van der Waals surface area contributed by atoms with Crippen molar-refractivity contribution in [3.8, 4) is 0 Å². The van der Waals surface area contributed by atoms with Crippen LogP contribution in [0.1, 0.15) is 54.4 Å². The van der Waals surface area contributed by atoms with Crippen molar-refractivity contribution in [3.05, 3.63) is 11.8 Å². The molecule has 0 rings (SSSR count). The topological polar surface area (TPSA) is 46.5 Å². The number of hydrogen-bond acceptors (Lipinski definition) is 3. The van der Waals surface area contributed by atoms with Crippen LogP contribution in [0.4, 0.5) is 0 Å². The molecule has 0 saturated carbocycles. The maximum Gasteiger partial charge on any atom is 0.311 e. The zero-order valence-electron chi connectivity index (χ0n) is 14.7. The standard InChI is InChI=1S/C17H34O3Si/c1-7-21(8-2,9-3)14-12-15(18)11-10-13-20-16(19)17(4,5)6/h12,14-15,18H,7-11,13H2,1-6H3/b14-12+/t15-/m0/s1. The summed E-state index contributed by atoms with van der Waals surface area (Å²) in [6, 6.07) is 3.69. The van der Waals surface area contributed by atoms with E-state index in [1.807, 2.05) is 26.8 Å². The van der Waals surface area contributed by atoms with Crippen LogP contribution < -0.4 is 0 Å². The molecule has 0 aliphatic rings. The van der Waals surface area contributed by atoms with Gasteiger partial charge in [-0.05, 0) is 33.6 Å². The molecule has 0 unspecified atom stereocenters. The van der Waals surface area contributed by atoms with Crippen molar-refractivity contribution in [1.29, 1.82) is 0 Å². The molecule has 21 heavy (non-hydrogen) atoms. The number of carbonyl (C=O) groups is 1. The van der Waals surface area contributed by atoms with Gasteiger partial charge in [0.1, 0.15) is 0 Å². The third-order valence-corrected chi connectivity index (χ3v) is 9.40. The zero-order chi connectivity index (χ0) is 16.5. The highest BCUT2D eigenvalue weighted by molar-refractivity contribution is 6.84. The molecule has 0 aromatic rings. The molecular weight excluding hydrogens is 280 g/mol. The first-order chi connectivity index (χ1) is 9.70. The van der Waals surface area contributed by atoms with E-state index in [0.717, 1.165) is 0 Å². The Morgan fingerprint density at radius 3 is 2.14 bits per heavy atom. The van der Waals surface area contributed by atoms with Crippen molar-refractivity contribution in [2.75, 3.05) is 6.61 Å². The summed E-state index contributed by atoms with van der Waals surface area (Å²) < 4.78 is 5.20. The fourth-order valence-electron chi connectivity index (χ4n) is 2.19. The number of esters is 1. The molecule has 0 fully saturated rings. The van der Waals surface area contributed by atoms with Gasteiger partial charge in [-0.25, -0.2) is 0 Å². The number of ether oxygens (including phenoxy) is 1. The van der Waals surface area contributed by atoms with Crippen molar-refractivity contribution in [2.45, 2.75) is 78.6 Å².